The van der Waals surface area contributed by atoms with E-state index < -0.39 is 0 Å². The van der Waals surface area contributed by atoms with Crippen LogP contribution in [-0.2, 0) is 0 Å². The van der Waals surface area contributed by atoms with Gasteiger partial charge >= 0.3 is 0 Å². The highest BCUT2D eigenvalue weighted by atomic mass is 32.1. The minimum absolute atomic E-state index is 0.0439. The number of hydrogen-bond donors (Lipinski definition) is 2. The molecule has 0 aromatic rings. The summed E-state index contributed by atoms with van der Waals surface area (Å²) in [5.41, 5.74) is 0. The van der Waals surface area contributed by atoms with Crippen molar-refractivity contribution in [2.75, 3.05) is 12.3 Å². The van der Waals surface area contributed by atoms with Crippen molar-refractivity contribution >= 4 is 12.6 Å². The van der Waals surface area contributed by atoms with E-state index in [1.165, 1.54) is 12.8 Å². The first kappa shape index (κ1) is 10.5. The van der Waals surface area contributed by atoms with Gasteiger partial charge in [-0.3, -0.25) is 4.90 Å². The third-order valence-electron chi connectivity index (χ3n) is 3.45. The summed E-state index contributed by atoms with van der Waals surface area (Å²) in [6.45, 7) is 1.04. The van der Waals surface area contributed by atoms with Crippen LogP contribution in [0, 0.1) is 0 Å². The number of hydrogen-bond acceptors (Lipinski definition) is 3. The summed E-state index contributed by atoms with van der Waals surface area (Å²) >= 11 is 4.15. The van der Waals surface area contributed by atoms with Crippen LogP contribution in [0.1, 0.15) is 25.7 Å². The van der Waals surface area contributed by atoms with Crippen molar-refractivity contribution in [2.45, 2.75) is 43.9 Å². The van der Waals surface area contributed by atoms with Crippen LogP contribution in [0.15, 0.2) is 12.2 Å². The van der Waals surface area contributed by atoms with Crippen LogP contribution in [0.4, 0.5) is 0 Å². The van der Waals surface area contributed by atoms with Gasteiger partial charge in [-0.15, -0.1) is 0 Å². The van der Waals surface area contributed by atoms with E-state index in [2.05, 4.69) is 29.7 Å². The molecule has 2 heterocycles. The van der Waals surface area contributed by atoms with Crippen molar-refractivity contribution in [2.24, 2.45) is 0 Å². The summed E-state index contributed by atoms with van der Waals surface area (Å²) in [4.78, 5) is 2.55. The molecule has 2 nitrogen and oxygen atoms in total. The maximum atomic E-state index is 9.62. The smallest absolute Gasteiger partial charge is 0.0570 e. The zero-order valence-corrected chi connectivity index (χ0v) is 9.37. The van der Waals surface area contributed by atoms with Gasteiger partial charge in [0.05, 0.1) is 6.10 Å². The summed E-state index contributed by atoms with van der Waals surface area (Å²) < 4.78 is 0. The molecule has 2 bridgehead atoms. The highest BCUT2D eigenvalue weighted by Gasteiger charge is 2.39. The second kappa shape index (κ2) is 4.69. The molecule has 80 valence electrons. The lowest BCUT2D eigenvalue weighted by Crippen LogP contribution is -2.44. The largest absolute Gasteiger partial charge is 0.393 e. The summed E-state index contributed by atoms with van der Waals surface area (Å²) in [5, 5.41) is 9.62. The average molecular weight is 213 g/mol. The van der Waals surface area contributed by atoms with Crippen molar-refractivity contribution in [3.63, 3.8) is 0 Å². The Hall–Kier alpha value is 0.01000. The van der Waals surface area contributed by atoms with E-state index >= 15 is 0 Å². The standard InChI is InChI=1S/C11H19NOS/c13-11-7-9-3-4-10(8-11)12(9)5-1-2-6-14/h1-2,9-11,13-14H,3-8H2/b2-1+. The number of aliphatic hydroxyl groups excluding tert-OH is 1. The van der Waals surface area contributed by atoms with Gasteiger partial charge in [-0.2, -0.15) is 12.6 Å². The Labute approximate surface area is 91.4 Å². The van der Waals surface area contributed by atoms with Gasteiger partial charge in [-0.1, -0.05) is 12.2 Å². The fourth-order valence-electron chi connectivity index (χ4n) is 2.81. The zero-order chi connectivity index (χ0) is 9.97. The van der Waals surface area contributed by atoms with Crippen LogP contribution in [0.2, 0.25) is 0 Å². The molecule has 14 heavy (non-hydrogen) atoms. The molecular weight excluding hydrogens is 194 g/mol. The van der Waals surface area contributed by atoms with E-state index in [9.17, 15) is 5.11 Å². The molecular formula is C11H19NOS. The Morgan fingerprint density at radius 3 is 2.43 bits per heavy atom. The van der Waals surface area contributed by atoms with Crippen molar-refractivity contribution in [3.8, 4) is 0 Å². The number of nitrogens with zero attached hydrogens (tertiary/aromatic N) is 1. The Bertz CT molecular complexity index is 205. The molecule has 0 radical (unpaired) electrons. The van der Waals surface area contributed by atoms with Crippen LogP contribution in [0.3, 0.4) is 0 Å². The number of rotatable bonds is 3. The Balaban J connectivity index is 1.90. The van der Waals surface area contributed by atoms with E-state index in [-0.39, 0.29) is 6.10 Å². The molecule has 0 aromatic heterocycles. The van der Waals surface area contributed by atoms with Crippen LogP contribution in [0.25, 0.3) is 0 Å². The first-order valence-corrected chi connectivity index (χ1v) is 6.14. The van der Waals surface area contributed by atoms with Crippen LogP contribution >= 0.6 is 12.6 Å². The van der Waals surface area contributed by atoms with Crippen molar-refractivity contribution in [3.05, 3.63) is 12.2 Å². The van der Waals surface area contributed by atoms with Gasteiger partial charge in [0, 0.05) is 24.4 Å². The predicted molar refractivity (Wildman–Crippen MR) is 61.7 cm³/mol. The predicted octanol–water partition coefficient (Wildman–Crippen LogP) is 1.46. The van der Waals surface area contributed by atoms with E-state index in [4.69, 9.17) is 0 Å². The molecule has 2 aliphatic heterocycles. The van der Waals surface area contributed by atoms with Crippen molar-refractivity contribution in [1.29, 1.82) is 0 Å². The van der Waals surface area contributed by atoms with Gasteiger partial charge < -0.3 is 5.11 Å². The molecule has 0 aliphatic carbocycles. The lowest BCUT2D eigenvalue weighted by Gasteiger charge is -2.36. The SMILES string of the molecule is OC1CC2CCC(C1)N2C/C=C/CS. The number of aliphatic hydroxyl groups is 1. The van der Waals surface area contributed by atoms with Crippen molar-refractivity contribution in [1.82, 2.24) is 4.90 Å². The summed E-state index contributed by atoms with van der Waals surface area (Å²) in [7, 11) is 0. The number of fused-ring (bicyclic) bond motifs is 2. The molecule has 2 aliphatic rings. The van der Waals surface area contributed by atoms with Gasteiger partial charge in [0.2, 0.25) is 0 Å². The second-order valence-electron chi connectivity index (χ2n) is 4.36. The normalized spacial score (nSPS) is 38.3. The van der Waals surface area contributed by atoms with Crippen molar-refractivity contribution < 1.29 is 5.11 Å². The van der Waals surface area contributed by atoms with Crippen LogP contribution in [0.5, 0.6) is 0 Å². The Morgan fingerprint density at radius 2 is 1.86 bits per heavy atom. The van der Waals surface area contributed by atoms with E-state index in [0.29, 0.717) is 12.1 Å². The second-order valence-corrected chi connectivity index (χ2v) is 4.73. The number of thiol groups is 1. The minimum Gasteiger partial charge on any atom is -0.393 e. The maximum Gasteiger partial charge on any atom is 0.0570 e. The minimum atomic E-state index is -0.0439. The summed E-state index contributed by atoms with van der Waals surface area (Å²) in [6.07, 6.45) is 8.77. The molecule has 2 saturated heterocycles. The summed E-state index contributed by atoms with van der Waals surface area (Å²) in [5.74, 6) is 0.825. The summed E-state index contributed by atoms with van der Waals surface area (Å²) in [6, 6.07) is 1.27. The lowest BCUT2D eigenvalue weighted by atomic mass is 10.00. The third-order valence-corrected chi connectivity index (χ3v) is 3.66. The molecule has 2 unspecified atom stereocenters. The third kappa shape index (κ3) is 2.15. The topological polar surface area (TPSA) is 23.5 Å². The Kier molecular flexibility index (Phi) is 3.52. The highest BCUT2D eigenvalue weighted by molar-refractivity contribution is 7.80. The quantitative estimate of drug-likeness (QED) is 0.548. The van der Waals surface area contributed by atoms with Crippen LogP contribution in [-0.4, -0.2) is 40.5 Å². The molecule has 3 heteroatoms. The van der Waals surface area contributed by atoms with Crippen LogP contribution < -0.4 is 0 Å². The first-order valence-electron chi connectivity index (χ1n) is 5.51. The monoisotopic (exact) mass is 213 g/mol. The first-order chi connectivity index (χ1) is 6.81. The van der Waals surface area contributed by atoms with Gasteiger partial charge in [-0.25, -0.2) is 0 Å². The molecule has 0 spiro atoms. The Morgan fingerprint density at radius 1 is 1.21 bits per heavy atom. The van der Waals surface area contributed by atoms with E-state index in [0.717, 1.165) is 25.1 Å². The van der Waals surface area contributed by atoms with Gasteiger partial charge in [0.1, 0.15) is 0 Å². The fraction of sp³-hybridized carbons (Fsp3) is 0.818. The molecule has 0 aromatic carbocycles. The highest BCUT2D eigenvalue weighted by Crippen LogP contribution is 2.35. The maximum absolute atomic E-state index is 9.62. The molecule has 1 N–H and O–H groups in total. The van der Waals surface area contributed by atoms with E-state index in [1.54, 1.807) is 0 Å². The van der Waals surface area contributed by atoms with Gasteiger partial charge in [-0.05, 0) is 25.7 Å². The molecule has 2 rings (SSSR count). The van der Waals surface area contributed by atoms with Gasteiger partial charge in [0.25, 0.3) is 0 Å². The van der Waals surface area contributed by atoms with E-state index in [1.807, 2.05) is 0 Å². The molecule has 0 saturated carbocycles. The molecule has 2 fully saturated rings. The molecule has 2 atom stereocenters. The average Bonchev–Trinajstić information content (AvgIpc) is 2.42. The zero-order valence-electron chi connectivity index (χ0n) is 8.47. The van der Waals surface area contributed by atoms with Gasteiger partial charge in [0.15, 0.2) is 0 Å². The number of piperidine rings is 1. The lowest BCUT2D eigenvalue weighted by molar-refractivity contribution is 0.0421. The molecule has 0 amide bonds. The fourth-order valence-corrected chi connectivity index (χ4v) is 2.96.